The molecule has 0 saturated carbocycles. The van der Waals surface area contributed by atoms with Gasteiger partial charge in [0.15, 0.2) is 0 Å². The Labute approximate surface area is 125 Å². The SMILES string of the molecule is COCCNC(=O)Nc1ccc(NC(=O)CC(C)C)cc1. The zero-order valence-corrected chi connectivity index (χ0v) is 12.7. The molecule has 0 heterocycles. The van der Waals surface area contributed by atoms with Gasteiger partial charge in [-0.3, -0.25) is 4.79 Å². The van der Waals surface area contributed by atoms with E-state index < -0.39 is 0 Å². The number of amides is 3. The summed E-state index contributed by atoms with van der Waals surface area (Å²) in [6.07, 6.45) is 0.488. The molecule has 0 saturated heterocycles. The van der Waals surface area contributed by atoms with Crippen molar-refractivity contribution in [2.75, 3.05) is 30.9 Å². The van der Waals surface area contributed by atoms with Gasteiger partial charge in [-0.05, 0) is 30.2 Å². The fourth-order valence-electron chi connectivity index (χ4n) is 1.66. The van der Waals surface area contributed by atoms with Crippen molar-refractivity contribution in [3.8, 4) is 0 Å². The van der Waals surface area contributed by atoms with Crippen LogP contribution in [0.25, 0.3) is 0 Å². The van der Waals surface area contributed by atoms with Crippen LogP contribution in [0.15, 0.2) is 24.3 Å². The maximum Gasteiger partial charge on any atom is 0.319 e. The van der Waals surface area contributed by atoms with Gasteiger partial charge >= 0.3 is 6.03 Å². The molecule has 1 aromatic carbocycles. The third-order valence-electron chi connectivity index (χ3n) is 2.61. The number of carbonyl (C=O) groups is 2. The molecule has 0 atom stereocenters. The van der Waals surface area contributed by atoms with Gasteiger partial charge in [0.25, 0.3) is 0 Å². The second-order valence-corrected chi connectivity index (χ2v) is 5.10. The average molecular weight is 293 g/mol. The number of anilines is 2. The molecule has 6 nitrogen and oxygen atoms in total. The minimum Gasteiger partial charge on any atom is -0.383 e. The average Bonchev–Trinajstić information content (AvgIpc) is 2.40. The van der Waals surface area contributed by atoms with Crippen LogP contribution >= 0.6 is 0 Å². The predicted molar refractivity (Wildman–Crippen MR) is 83.4 cm³/mol. The molecule has 3 N–H and O–H groups in total. The molecule has 0 unspecified atom stereocenters. The first-order valence-corrected chi connectivity index (χ1v) is 6.95. The van der Waals surface area contributed by atoms with Crippen LogP contribution in [-0.4, -0.2) is 32.2 Å². The molecule has 0 radical (unpaired) electrons. The summed E-state index contributed by atoms with van der Waals surface area (Å²) in [6, 6.07) is 6.69. The van der Waals surface area contributed by atoms with Gasteiger partial charge in [-0.25, -0.2) is 4.79 Å². The highest BCUT2D eigenvalue weighted by Crippen LogP contribution is 2.14. The molecule has 0 fully saturated rings. The molecule has 6 heteroatoms. The molecule has 1 rings (SSSR count). The second-order valence-electron chi connectivity index (χ2n) is 5.10. The van der Waals surface area contributed by atoms with Gasteiger partial charge in [-0.15, -0.1) is 0 Å². The van der Waals surface area contributed by atoms with E-state index in [2.05, 4.69) is 16.0 Å². The van der Waals surface area contributed by atoms with E-state index in [0.29, 0.717) is 36.9 Å². The van der Waals surface area contributed by atoms with Crippen LogP contribution in [0.4, 0.5) is 16.2 Å². The van der Waals surface area contributed by atoms with Crippen LogP contribution < -0.4 is 16.0 Å². The quantitative estimate of drug-likeness (QED) is 0.676. The van der Waals surface area contributed by atoms with Gasteiger partial charge < -0.3 is 20.7 Å². The lowest BCUT2D eigenvalue weighted by Gasteiger charge is -2.09. The molecule has 0 aliphatic carbocycles. The Morgan fingerprint density at radius 3 is 2.19 bits per heavy atom. The second kappa shape index (κ2) is 8.97. The Hall–Kier alpha value is -2.08. The van der Waals surface area contributed by atoms with Crippen molar-refractivity contribution in [3.05, 3.63) is 24.3 Å². The van der Waals surface area contributed by atoms with Crippen LogP contribution in [0.5, 0.6) is 0 Å². The Morgan fingerprint density at radius 1 is 1.10 bits per heavy atom. The van der Waals surface area contributed by atoms with Gasteiger partial charge in [0.05, 0.1) is 6.61 Å². The van der Waals surface area contributed by atoms with Gasteiger partial charge in [-0.2, -0.15) is 0 Å². The zero-order chi connectivity index (χ0) is 15.7. The molecule has 116 valence electrons. The number of benzene rings is 1. The number of ether oxygens (including phenoxy) is 1. The fourth-order valence-corrected chi connectivity index (χ4v) is 1.66. The van der Waals surface area contributed by atoms with E-state index in [-0.39, 0.29) is 11.9 Å². The van der Waals surface area contributed by atoms with Crippen molar-refractivity contribution >= 4 is 23.3 Å². The van der Waals surface area contributed by atoms with E-state index in [9.17, 15) is 9.59 Å². The summed E-state index contributed by atoms with van der Waals surface area (Å²) in [7, 11) is 1.58. The summed E-state index contributed by atoms with van der Waals surface area (Å²) in [4.78, 5) is 23.2. The lowest BCUT2D eigenvalue weighted by Crippen LogP contribution is -2.31. The lowest BCUT2D eigenvalue weighted by atomic mass is 10.1. The van der Waals surface area contributed by atoms with Gasteiger partial charge in [0.2, 0.25) is 5.91 Å². The highest BCUT2D eigenvalue weighted by atomic mass is 16.5. The van der Waals surface area contributed by atoms with Crippen LogP contribution in [0, 0.1) is 5.92 Å². The largest absolute Gasteiger partial charge is 0.383 e. The minimum absolute atomic E-state index is 0.0111. The molecule has 0 aromatic heterocycles. The van der Waals surface area contributed by atoms with Crippen molar-refractivity contribution in [2.24, 2.45) is 5.92 Å². The van der Waals surface area contributed by atoms with E-state index in [1.54, 1.807) is 31.4 Å². The molecule has 0 bridgehead atoms. The number of carbonyl (C=O) groups excluding carboxylic acids is 2. The van der Waals surface area contributed by atoms with Crippen LogP contribution in [-0.2, 0) is 9.53 Å². The number of nitrogens with one attached hydrogen (secondary N) is 3. The van der Waals surface area contributed by atoms with Gasteiger partial charge in [0, 0.05) is 31.5 Å². The summed E-state index contributed by atoms with van der Waals surface area (Å²) in [5.74, 6) is 0.310. The van der Waals surface area contributed by atoms with E-state index in [0.717, 1.165) is 0 Å². The molecule has 21 heavy (non-hydrogen) atoms. The first-order chi connectivity index (χ1) is 10.0. The van der Waals surface area contributed by atoms with Crippen LogP contribution in [0.3, 0.4) is 0 Å². The summed E-state index contributed by atoms with van der Waals surface area (Å²) in [5.41, 5.74) is 1.37. The molecule has 0 spiro atoms. The number of rotatable bonds is 7. The van der Waals surface area contributed by atoms with Gasteiger partial charge in [-0.1, -0.05) is 13.8 Å². The number of hydrogen-bond acceptors (Lipinski definition) is 3. The van der Waals surface area contributed by atoms with E-state index >= 15 is 0 Å². The van der Waals surface area contributed by atoms with Crippen LogP contribution in [0.2, 0.25) is 0 Å². The molecule has 3 amide bonds. The molecule has 0 aliphatic heterocycles. The summed E-state index contributed by atoms with van der Waals surface area (Å²) < 4.78 is 4.84. The normalized spacial score (nSPS) is 10.3. The van der Waals surface area contributed by atoms with Crippen molar-refractivity contribution in [3.63, 3.8) is 0 Å². The van der Waals surface area contributed by atoms with E-state index in [1.807, 2.05) is 13.8 Å². The summed E-state index contributed by atoms with van der Waals surface area (Å²) >= 11 is 0. The highest BCUT2D eigenvalue weighted by Gasteiger charge is 2.05. The Bertz CT molecular complexity index is 458. The number of urea groups is 1. The maximum absolute atomic E-state index is 11.6. The Kier molecular flexibility index (Phi) is 7.25. The Balaban J connectivity index is 2.43. The smallest absolute Gasteiger partial charge is 0.319 e. The van der Waals surface area contributed by atoms with Crippen molar-refractivity contribution < 1.29 is 14.3 Å². The van der Waals surface area contributed by atoms with Crippen molar-refractivity contribution in [1.29, 1.82) is 0 Å². The van der Waals surface area contributed by atoms with E-state index in [1.165, 1.54) is 0 Å². The molecular weight excluding hydrogens is 270 g/mol. The van der Waals surface area contributed by atoms with Gasteiger partial charge in [0.1, 0.15) is 0 Å². The fraction of sp³-hybridized carbons (Fsp3) is 0.467. The minimum atomic E-state index is -0.288. The topological polar surface area (TPSA) is 79.5 Å². The summed E-state index contributed by atoms with van der Waals surface area (Å²) in [6.45, 7) is 4.91. The summed E-state index contributed by atoms with van der Waals surface area (Å²) in [5, 5.41) is 8.16. The number of methoxy groups -OCH3 is 1. The number of hydrogen-bond donors (Lipinski definition) is 3. The van der Waals surface area contributed by atoms with Crippen LogP contribution in [0.1, 0.15) is 20.3 Å². The standard InChI is InChI=1S/C15H23N3O3/c1-11(2)10-14(19)17-12-4-6-13(7-5-12)18-15(20)16-8-9-21-3/h4-7,11H,8-10H2,1-3H3,(H,17,19)(H2,16,18,20). The molecule has 1 aromatic rings. The monoisotopic (exact) mass is 293 g/mol. The van der Waals surface area contributed by atoms with Crippen molar-refractivity contribution in [2.45, 2.75) is 20.3 Å². The van der Waals surface area contributed by atoms with Crippen molar-refractivity contribution in [1.82, 2.24) is 5.32 Å². The molecular formula is C15H23N3O3. The first kappa shape index (κ1) is 17.0. The third-order valence-corrected chi connectivity index (χ3v) is 2.61. The Morgan fingerprint density at radius 2 is 1.67 bits per heavy atom. The molecule has 0 aliphatic rings. The zero-order valence-electron chi connectivity index (χ0n) is 12.7. The lowest BCUT2D eigenvalue weighted by molar-refractivity contribution is -0.116. The highest BCUT2D eigenvalue weighted by molar-refractivity contribution is 5.92. The predicted octanol–water partition coefficient (Wildman–Crippen LogP) is 2.44. The van der Waals surface area contributed by atoms with E-state index in [4.69, 9.17) is 4.74 Å². The first-order valence-electron chi connectivity index (χ1n) is 6.95. The maximum atomic E-state index is 11.6. The third kappa shape index (κ3) is 7.31.